The zero-order chi connectivity index (χ0) is 19.9. The van der Waals surface area contributed by atoms with E-state index in [1.54, 1.807) is 13.0 Å². The number of carboxylic acids is 1. The van der Waals surface area contributed by atoms with Crippen molar-refractivity contribution in [2.75, 3.05) is 0 Å². The molecule has 146 valence electrons. The quantitative estimate of drug-likeness (QED) is 0.624. The zero-order valence-corrected chi connectivity index (χ0v) is 14.9. The summed E-state index contributed by atoms with van der Waals surface area (Å²) < 4.78 is 39.4. The predicted octanol–water partition coefficient (Wildman–Crippen LogP) is 4.21. The fourth-order valence-corrected chi connectivity index (χ4v) is 2.92. The summed E-state index contributed by atoms with van der Waals surface area (Å²) in [5.41, 5.74) is 1.82. The molecule has 0 bridgehead atoms. The third-order valence-corrected chi connectivity index (χ3v) is 4.49. The summed E-state index contributed by atoms with van der Waals surface area (Å²) >= 11 is 0. The molecule has 0 aromatic carbocycles. The number of hydrogen-bond donors (Lipinski definition) is 2. The minimum atomic E-state index is -4.68. The summed E-state index contributed by atoms with van der Waals surface area (Å²) in [5, 5.41) is 18.5. The number of aliphatic hydroxyl groups excluding tert-OH is 1. The van der Waals surface area contributed by atoms with E-state index in [1.165, 1.54) is 0 Å². The Kier molecular flexibility index (Phi) is 8.27. The molecule has 4 nitrogen and oxygen atoms in total. The van der Waals surface area contributed by atoms with E-state index in [4.69, 9.17) is 5.11 Å². The molecule has 0 radical (unpaired) electrons. The first kappa shape index (κ1) is 22.2. The number of alkyl halides is 3. The van der Waals surface area contributed by atoms with Crippen LogP contribution in [0, 0.1) is 11.8 Å². The molecule has 0 saturated heterocycles. The lowest BCUT2D eigenvalue weighted by atomic mass is 9.77. The highest BCUT2D eigenvalue weighted by molar-refractivity contribution is 5.93. The average Bonchev–Trinajstić information content (AvgIpc) is 2.52. The second-order valence-corrected chi connectivity index (χ2v) is 6.70. The molecule has 7 heteroatoms. The Morgan fingerprint density at radius 2 is 1.77 bits per heavy atom. The highest BCUT2D eigenvalue weighted by Crippen LogP contribution is 2.39. The average molecular weight is 374 g/mol. The molecular weight excluding hydrogens is 349 g/mol. The standard InChI is InChI=1S/C19H25F3O4/c1-12(4-3-5-13(2)7-11-17(25)26)6-8-14-15(23)9-10-16(24)18(14)19(20,21)22/h5-6,9-10,14-15,18,23H,3-4,7-8,11H2,1-2H3,(H,25,26)/b12-6+,13-5+/t14-,15?,18?/m1/s1. The van der Waals surface area contributed by atoms with Crippen molar-refractivity contribution in [3.63, 3.8) is 0 Å². The molecule has 0 amide bonds. The van der Waals surface area contributed by atoms with Crippen molar-refractivity contribution >= 4 is 11.8 Å². The first-order valence-electron chi connectivity index (χ1n) is 8.52. The third-order valence-electron chi connectivity index (χ3n) is 4.49. The van der Waals surface area contributed by atoms with E-state index >= 15 is 0 Å². The topological polar surface area (TPSA) is 74.6 Å². The molecule has 0 aromatic heterocycles. The maximum atomic E-state index is 13.1. The summed E-state index contributed by atoms with van der Waals surface area (Å²) in [6.07, 6.45) is 1.27. The van der Waals surface area contributed by atoms with E-state index in [0.717, 1.165) is 23.3 Å². The molecule has 0 spiro atoms. The van der Waals surface area contributed by atoms with Crippen molar-refractivity contribution in [1.82, 2.24) is 0 Å². The predicted molar refractivity (Wildman–Crippen MR) is 91.4 cm³/mol. The van der Waals surface area contributed by atoms with Gasteiger partial charge in [0, 0.05) is 12.3 Å². The molecule has 1 aliphatic rings. The van der Waals surface area contributed by atoms with Crippen molar-refractivity contribution in [3.05, 3.63) is 35.5 Å². The summed E-state index contributed by atoms with van der Waals surface area (Å²) in [4.78, 5) is 22.1. The normalized spacial score (nSPS) is 24.8. The van der Waals surface area contributed by atoms with Crippen molar-refractivity contribution in [2.45, 2.75) is 58.2 Å². The number of aliphatic hydroxyl groups is 1. The summed E-state index contributed by atoms with van der Waals surface area (Å²) in [7, 11) is 0. The number of carboxylic acid groups (broad SMARTS) is 1. The van der Waals surface area contributed by atoms with E-state index < -0.39 is 35.9 Å². The summed E-state index contributed by atoms with van der Waals surface area (Å²) in [6.45, 7) is 3.63. The monoisotopic (exact) mass is 374 g/mol. The summed E-state index contributed by atoms with van der Waals surface area (Å²) in [6, 6.07) is 0. The van der Waals surface area contributed by atoms with Gasteiger partial charge in [-0.1, -0.05) is 29.4 Å². The van der Waals surface area contributed by atoms with Gasteiger partial charge in [-0.05, 0) is 45.6 Å². The molecule has 2 N–H and O–H groups in total. The van der Waals surface area contributed by atoms with Crippen LogP contribution in [0.5, 0.6) is 0 Å². The second-order valence-electron chi connectivity index (χ2n) is 6.70. The van der Waals surface area contributed by atoms with Crippen LogP contribution in [0.25, 0.3) is 0 Å². The fraction of sp³-hybridized carbons (Fsp3) is 0.579. The lowest BCUT2D eigenvalue weighted by Crippen LogP contribution is -2.43. The first-order valence-corrected chi connectivity index (χ1v) is 8.52. The van der Waals surface area contributed by atoms with Gasteiger partial charge in [-0.2, -0.15) is 13.2 Å². The van der Waals surface area contributed by atoms with Crippen molar-refractivity contribution in [1.29, 1.82) is 0 Å². The van der Waals surface area contributed by atoms with Crippen LogP contribution in [0.15, 0.2) is 35.5 Å². The first-order chi connectivity index (χ1) is 12.0. The number of halogens is 3. The Labute approximate surface area is 151 Å². The molecule has 0 aromatic rings. The SMILES string of the molecule is C/C(=C\C[C@@H]1C(O)C=CC(=O)C1C(F)(F)F)CC/C=C(\C)CCC(=O)O. The number of rotatable bonds is 8. The highest BCUT2D eigenvalue weighted by atomic mass is 19.4. The number of ketones is 1. The number of carbonyl (C=O) groups excluding carboxylic acids is 1. The van der Waals surface area contributed by atoms with Gasteiger partial charge >= 0.3 is 12.1 Å². The van der Waals surface area contributed by atoms with E-state index in [1.807, 2.05) is 13.0 Å². The summed E-state index contributed by atoms with van der Waals surface area (Å²) in [5.74, 6) is -5.27. The van der Waals surface area contributed by atoms with Crippen LogP contribution in [-0.2, 0) is 9.59 Å². The Morgan fingerprint density at radius 1 is 1.15 bits per heavy atom. The Bertz CT molecular complexity index is 602. The molecule has 1 aliphatic carbocycles. The Morgan fingerprint density at radius 3 is 2.35 bits per heavy atom. The maximum absolute atomic E-state index is 13.1. The number of allylic oxidation sites excluding steroid dienone is 5. The van der Waals surface area contributed by atoms with Gasteiger partial charge in [0.2, 0.25) is 0 Å². The second kappa shape index (κ2) is 9.71. The zero-order valence-electron chi connectivity index (χ0n) is 14.9. The molecule has 26 heavy (non-hydrogen) atoms. The molecule has 0 fully saturated rings. The van der Waals surface area contributed by atoms with Crippen molar-refractivity contribution in [3.8, 4) is 0 Å². The Hall–Kier alpha value is -1.89. The minimum absolute atomic E-state index is 0.0328. The van der Waals surface area contributed by atoms with Crippen LogP contribution in [0.1, 0.15) is 46.0 Å². The lowest BCUT2D eigenvalue weighted by Gasteiger charge is -2.31. The highest BCUT2D eigenvalue weighted by Gasteiger charge is 2.51. The van der Waals surface area contributed by atoms with Gasteiger partial charge in [0.05, 0.1) is 6.10 Å². The van der Waals surface area contributed by atoms with Crippen LogP contribution in [0.2, 0.25) is 0 Å². The number of aliphatic carboxylic acids is 1. The number of carbonyl (C=O) groups is 2. The molecule has 0 saturated carbocycles. The van der Waals surface area contributed by atoms with Gasteiger partial charge in [-0.25, -0.2) is 0 Å². The van der Waals surface area contributed by atoms with E-state index in [9.17, 15) is 27.9 Å². The van der Waals surface area contributed by atoms with Gasteiger partial charge in [0.15, 0.2) is 5.78 Å². The number of hydrogen-bond acceptors (Lipinski definition) is 3. The van der Waals surface area contributed by atoms with Crippen molar-refractivity contribution in [2.24, 2.45) is 11.8 Å². The molecular formula is C19H25F3O4. The largest absolute Gasteiger partial charge is 0.481 e. The van der Waals surface area contributed by atoms with Crippen molar-refractivity contribution < 1.29 is 33.0 Å². The van der Waals surface area contributed by atoms with Crippen LogP contribution >= 0.6 is 0 Å². The smallest absolute Gasteiger partial charge is 0.399 e. The maximum Gasteiger partial charge on any atom is 0.399 e. The molecule has 0 aliphatic heterocycles. The lowest BCUT2D eigenvalue weighted by molar-refractivity contribution is -0.196. The van der Waals surface area contributed by atoms with Gasteiger partial charge in [0.25, 0.3) is 0 Å². The van der Waals surface area contributed by atoms with E-state index in [2.05, 4.69) is 0 Å². The van der Waals surface area contributed by atoms with E-state index in [0.29, 0.717) is 19.3 Å². The molecule has 2 unspecified atom stereocenters. The van der Waals surface area contributed by atoms with Crippen LogP contribution in [0.4, 0.5) is 13.2 Å². The third kappa shape index (κ3) is 7.15. The van der Waals surface area contributed by atoms with Crippen LogP contribution in [-0.4, -0.2) is 34.2 Å². The van der Waals surface area contributed by atoms with Gasteiger partial charge in [-0.3, -0.25) is 9.59 Å². The molecule has 3 atom stereocenters. The van der Waals surface area contributed by atoms with Gasteiger partial charge in [-0.15, -0.1) is 0 Å². The minimum Gasteiger partial charge on any atom is -0.481 e. The van der Waals surface area contributed by atoms with E-state index in [-0.39, 0.29) is 12.8 Å². The van der Waals surface area contributed by atoms with Gasteiger partial charge < -0.3 is 10.2 Å². The fourth-order valence-electron chi connectivity index (χ4n) is 2.92. The molecule has 1 rings (SSSR count). The van der Waals surface area contributed by atoms with Gasteiger partial charge in [0.1, 0.15) is 5.92 Å². The molecule has 0 heterocycles. The van der Waals surface area contributed by atoms with Crippen LogP contribution < -0.4 is 0 Å². The van der Waals surface area contributed by atoms with Crippen LogP contribution in [0.3, 0.4) is 0 Å². The Balaban J connectivity index is 2.63.